The number of nitrogens with zero attached hydrogens (tertiary/aromatic N) is 2. The third kappa shape index (κ3) is 2.05. The third-order valence-electron chi connectivity index (χ3n) is 4.37. The van der Waals surface area contributed by atoms with Crippen molar-refractivity contribution in [3.63, 3.8) is 0 Å². The molecular formula is C15H21N3O. The van der Waals surface area contributed by atoms with Crippen LogP contribution in [0.1, 0.15) is 31.7 Å². The number of benzene rings is 1. The van der Waals surface area contributed by atoms with Crippen molar-refractivity contribution in [2.45, 2.75) is 38.6 Å². The number of aryl methyl sites for hydroxylation is 1. The molecular weight excluding hydrogens is 238 g/mol. The number of anilines is 3. The molecule has 2 aliphatic heterocycles. The van der Waals surface area contributed by atoms with Crippen LogP contribution in [-0.2, 0) is 11.2 Å². The number of rotatable bonds is 2. The first-order valence-corrected chi connectivity index (χ1v) is 7.11. The summed E-state index contributed by atoms with van der Waals surface area (Å²) in [7, 11) is 0. The van der Waals surface area contributed by atoms with Crippen LogP contribution in [0.4, 0.5) is 17.1 Å². The maximum absolute atomic E-state index is 11.3. The summed E-state index contributed by atoms with van der Waals surface area (Å²) in [6.07, 6.45) is 5.47. The van der Waals surface area contributed by atoms with Crippen LogP contribution in [0.2, 0.25) is 0 Å². The number of hydrogen-bond donors (Lipinski definition) is 1. The van der Waals surface area contributed by atoms with Crippen molar-refractivity contribution >= 4 is 23.5 Å². The number of nitrogens with two attached hydrogens (primary N) is 1. The summed E-state index contributed by atoms with van der Waals surface area (Å²) in [6, 6.07) is 4.44. The highest BCUT2D eigenvalue weighted by Crippen LogP contribution is 2.37. The van der Waals surface area contributed by atoms with Crippen molar-refractivity contribution in [2.24, 2.45) is 0 Å². The van der Waals surface area contributed by atoms with Crippen LogP contribution in [0.25, 0.3) is 0 Å². The van der Waals surface area contributed by atoms with Gasteiger partial charge in [0.25, 0.3) is 0 Å². The van der Waals surface area contributed by atoms with Crippen LogP contribution in [0.15, 0.2) is 12.1 Å². The molecule has 0 saturated carbocycles. The molecule has 2 N–H and O–H groups in total. The average Bonchev–Trinajstić information content (AvgIpc) is 2.92. The Morgan fingerprint density at radius 2 is 2.00 bits per heavy atom. The Labute approximate surface area is 114 Å². The lowest BCUT2D eigenvalue weighted by atomic mass is 9.96. The lowest BCUT2D eigenvalue weighted by Crippen LogP contribution is -2.36. The second-order valence-electron chi connectivity index (χ2n) is 5.63. The molecule has 1 saturated heterocycles. The van der Waals surface area contributed by atoms with Crippen molar-refractivity contribution in [1.82, 2.24) is 0 Å². The van der Waals surface area contributed by atoms with E-state index in [9.17, 15) is 4.79 Å². The first kappa shape index (κ1) is 12.3. The van der Waals surface area contributed by atoms with Crippen molar-refractivity contribution in [3.05, 3.63) is 17.7 Å². The molecule has 1 atom stereocenters. The smallest absolute Gasteiger partial charge is 0.214 e. The zero-order chi connectivity index (χ0) is 13.4. The first-order valence-electron chi connectivity index (χ1n) is 7.11. The van der Waals surface area contributed by atoms with E-state index in [2.05, 4.69) is 17.9 Å². The van der Waals surface area contributed by atoms with Crippen LogP contribution in [-0.4, -0.2) is 25.5 Å². The molecule has 2 aliphatic rings. The van der Waals surface area contributed by atoms with Gasteiger partial charge in [-0.3, -0.25) is 4.79 Å². The summed E-state index contributed by atoms with van der Waals surface area (Å²) < 4.78 is 0. The van der Waals surface area contributed by atoms with Gasteiger partial charge in [0.15, 0.2) is 0 Å². The van der Waals surface area contributed by atoms with E-state index in [0.29, 0.717) is 0 Å². The number of fused-ring (bicyclic) bond motifs is 1. The van der Waals surface area contributed by atoms with E-state index >= 15 is 0 Å². The van der Waals surface area contributed by atoms with Crippen molar-refractivity contribution in [1.29, 1.82) is 0 Å². The predicted octanol–water partition coefficient (Wildman–Crippen LogP) is 2.17. The third-order valence-corrected chi connectivity index (χ3v) is 4.37. The van der Waals surface area contributed by atoms with Gasteiger partial charge in [-0.15, -0.1) is 0 Å². The summed E-state index contributed by atoms with van der Waals surface area (Å²) >= 11 is 0. The van der Waals surface area contributed by atoms with E-state index < -0.39 is 0 Å². The Kier molecular flexibility index (Phi) is 3.09. The Morgan fingerprint density at radius 1 is 1.26 bits per heavy atom. The van der Waals surface area contributed by atoms with Gasteiger partial charge in [-0.05, 0) is 50.3 Å². The minimum Gasteiger partial charge on any atom is -0.397 e. The predicted molar refractivity (Wildman–Crippen MR) is 78.6 cm³/mol. The summed E-state index contributed by atoms with van der Waals surface area (Å²) in [5.74, 6) is 0. The lowest BCUT2D eigenvalue weighted by Gasteiger charge is -2.33. The van der Waals surface area contributed by atoms with Crippen LogP contribution >= 0.6 is 0 Å². The summed E-state index contributed by atoms with van der Waals surface area (Å²) in [5, 5.41) is 0. The topological polar surface area (TPSA) is 49.6 Å². The van der Waals surface area contributed by atoms with Crippen molar-refractivity contribution in [2.75, 3.05) is 28.6 Å². The van der Waals surface area contributed by atoms with Gasteiger partial charge in [-0.2, -0.15) is 0 Å². The Bertz CT molecular complexity index is 494. The molecule has 0 aromatic heterocycles. The maximum Gasteiger partial charge on any atom is 0.214 e. The number of hydrogen-bond acceptors (Lipinski definition) is 3. The normalized spacial score (nSPS) is 22.5. The molecule has 2 heterocycles. The van der Waals surface area contributed by atoms with Crippen LogP contribution < -0.4 is 15.5 Å². The molecule has 1 aromatic rings. The van der Waals surface area contributed by atoms with Gasteiger partial charge in [0, 0.05) is 24.8 Å². The van der Waals surface area contributed by atoms with Gasteiger partial charge in [-0.1, -0.05) is 0 Å². The molecule has 3 rings (SSSR count). The molecule has 1 aromatic carbocycles. The molecule has 0 radical (unpaired) electrons. The summed E-state index contributed by atoms with van der Waals surface area (Å²) in [5.41, 5.74) is 10.4. The summed E-state index contributed by atoms with van der Waals surface area (Å²) in [6.45, 7) is 4.27. The fraction of sp³-hybridized carbons (Fsp3) is 0.533. The standard InChI is InChI=1S/C15H21N3O/c1-11-4-5-12-8-15(17-6-2-3-7-17)13(16)9-14(12)18(11)10-19/h8-11H,2-7,16H2,1H3. The lowest BCUT2D eigenvalue weighted by molar-refractivity contribution is -0.107. The van der Waals surface area contributed by atoms with E-state index in [1.165, 1.54) is 18.4 Å². The molecule has 19 heavy (non-hydrogen) atoms. The van der Waals surface area contributed by atoms with Crippen LogP contribution in [0, 0.1) is 0 Å². The molecule has 4 heteroatoms. The molecule has 1 amide bonds. The van der Waals surface area contributed by atoms with E-state index in [-0.39, 0.29) is 6.04 Å². The summed E-state index contributed by atoms with van der Waals surface area (Å²) in [4.78, 5) is 15.4. The van der Waals surface area contributed by atoms with Crippen molar-refractivity contribution < 1.29 is 4.79 Å². The second-order valence-corrected chi connectivity index (χ2v) is 5.63. The van der Waals surface area contributed by atoms with Gasteiger partial charge >= 0.3 is 0 Å². The molecule has 102 valence electrons. The van der Waals surface area contributed by atoms with Gasteiger partial charge in [0.2, 0.25) is 6.41 Å². The van der Waals surface area contributed by atoms with Gasteiger partial charge < -0.3 is 15.5 Å². The Morgan fingerprint density at radius 3 is 2.68 bits per heavy atom. The maximum atomic E-state index is 11.3. The second kappa shape index (κ2) is 4.76. The fourth-order valence-electron chi connectivity index (χ4n) is 3.21. The van der Waals surface area contributed by atoms with Gasteiger partial charge in [0.1, 0.15) is 0 Å². The number of nitrogen functional groups attached to an aromatic ring is 1. The van der Waals surface area contributed by atoms with E-state index in [1.807, 2.05) is 11.0 Å². The largest absolute Gasteiger partial charge is 0.397 e. The van der Waals surface area contributed by atoms with Crippen molar-refractivity contribution in [3.8, 4) is 0 Å². The minimum atomic E-state index is 0.266. The molecule has 1 unspecified atom stereocenters. The molecule has 4 nitrogen and oxygen atoms in total. The fourth-order valence-corrected chi connectivity index (χ4v) is 3.21. The van der Waals surface area contributed by atoms with Gasteiger partial charge in [0.05, 0.1) is 11.4 Å². The van der Waals surface area contributed by atoms with E-state index in [1.54, 1.807) is 0 Å². The van der Waals surface area contributed by atoms with Gasteiger partial charge in [-0.25, -0.2) is 0 Å². The molecule has 0 bridgehead atoms. The Balaban J connectivity index is 2.01. The van der Waals surface area contributed by atoms with E-state index in [4.69, 9.17) is 5.73 Å². The highest BCUT2D eigenvalue weighted by Gasteiger charge is 2.25. The van der Waals surface area contributed by atoms with E-state index in [0.717, 1.165) is 49.4 Å². The highest BCUT2D eigenvalue weighted by molar-refractivity contribution is 5.84. The highest BCUT2D eigenvalue weighted by atomic mass is 16.1. The minimum absolute atomic E-state index is 0.266. The first-order chi connectivity index (χ1) is 9.20. The molecule has 0 spiro atoms. The monoisotopic (exact) mass is 259 g/mol. The Hall–Kier alpha value is -1.71. The molecule has 0 aliphatic carbocycles. The zero-order valence-corrected chi connectivity index (χ0v) is 11.4. The van der Waals surface area contributed by atoms with Crippen LogP contribution in [0.3, 0.4) is 0 Å². The van der Waals surface area contributed by atoms with Crippen LogP contribution in [0.5, 0.6) is 0 Å². The number of carbonyl (C=O) groups excluding carboxylic acids is 1. The number of carbonyl (C=O) groups is 1. The zero-order valence-electron chi connectivity index (χ0n) is 11.4. The quantitative estimate of drug-likeness (QED) is 0.654. The SMILES string of the molecule is CC1CCc2cc(N3CCCC3)c(N)cc2N1C=O. The number of amides is 1. The molecule has 1 fully saturated rings. The average molecular weight is 259 g/mol.